The Morgan fingerprint density at radius 1 is 1.35 bits per heavy atom. The largest absolute Gasteiger partial charge is 0.348 e. The van der Waals surface area contributed by atoms with Crippen molar-refractivity contribution < 1.29 is 4.79 Å². The highest BCUT2D eigenvalue weighted by Crippen LogP contribution is 2.27. The highest BCUT2D eigenvalue weighted by Gasteiger charge is 2.21. The zero-order valence-electron chi connectivity index (χ0n) is 13.1. The third-order valence-electron chi connectivity index (χ3n) is 3.33. The van der Waals surface area contributed by atoms with Gasteiger partial charge in [-0.1, -0.05) is 24.8 Å². The molecule has 0 radical (unpaired) electrons. The minimum Gasteiger partial charge on any atom is -0.348 e. The predicted octanol–water partition coefficient (Wildman–Crippen LogP) is 2.81. The molecule has 3 rings (SSSR count). The third kappa shape index (κ3) is 3.23. The summed E-state index contributed by atoms with van der Waals surface area (Å²) in [5, 5.41) is 15.6. The number of aromatic nitrogens is 4. The number of carbonyl (C=O) groups excluding carboxylic acids is 1. The van der Waals surface area contributed by atoms with E-state index in [-0.39, 0.29) is 11.2 Å². The quantitative estimate of drug-likeness (QED) is 0.664. The fraction of sp³-hybridized carbons (Fsp3) is 0.333. The van der Waals surface area contributed by atoms with Crippen LogP contribution in [0.5, 0.6) is 0 Å². The van der Waals surface area contributed by atoms with Crippen LogP contribution in [0.3, 0.4) is 0 Å². The van der Waals surface area contributed by atoms with Crippen molar-refractivity contribution >= 4 is 34.7 Å². The van der Waals surface area contributed by atoms with Crippen molar-refractivity contribution in [3.05, 3.63) is 29.6 Å². The van der Waals surface area contributed by atoms with E-state index >= 15 is 0 Å². The van der Waals surface area contributed by atoms with Gasteiger partial charge in [-0.15, -0.1) is 21.5 Å². The summed E-state index contributed by atoms with van der Waals surface area (Å²) in [6.45, 7) is 2.01. The van der Waals surface area contributed by atoms with Gasteiger partial charge in [0.05, 0.1) is 10.1 Å². The van der Waals surface area contributed by atoms with Crippen LogP contribution in [0.4, 0.5) is 0 Å². The molecular weight excluding hydrogens is 330 g/mol. The predicted molar refractivity (Wildman–Crippen MR) is 92.7 cm³/mol. The topological polar surface area (TPSA) is 63.4 Å². The highest BCUT2D eigenvalue weighted by atomic mass is 32.2. The number of amides is 1. The Morgan fingerprint density at radius 3 is 2.83 bits per heavy atom. The molecule has 0 aromatic carbocycles. The van der Waals surface area contributed by atoms with Gasteiger partial charge in [0.25, 0.3) is 0 Å². The van der Waals surface area contributed by atoms with Crippen LogP contribution in [-0.2, 0) is 4.79 Å². The minimum atomic E-state index is -0.142. The maximum Gasteiger partial charge on any atom is 0.235 e. The van der Waals surface area contributed by atoms with Crippen LogP contribution in [0.2, 0.25) is 0 Å². The molecule has 3 aromatic rings. The summed E-state index contributed by atoms with van der Waals surface area (Å²) in [7, 11) is 3.55. The molecule has 0 saturated heterocycles. The summed E-state index contributed by atoms with van der Waals surface area (Å²) in [6.07, 6.45) is 0.751. The molecule has 0 spiro atoms. The monoisotopic (exact) mass is 347 g/mol. The lowest BCUT2D eigenvalue weighted by Crippen LogP contribution is -2.31. The van der Waals surface area contributed by atoms with Crippen LogP contribution in [0.1, 0.15) is 13.3 Å². The SMILES string of the molecule is CC[C@@H](Sc1ccc2nnc(-c3cccs3)n2n1)C(=O)N(C)C. The molecular formula is C15H17N5OS2. The fourth-order valence-corrected chi connectivity index (χ4v) is 3.88. The molecule has 0 N–H and O–H groups in total. The van der Waals surface area contributed by atoms with Crippen LogP contribution in [0, 0.1) is 0 Å². The molecule has 1 amide bonds. The lowest BCUT2D eigenvalue weighted by Gasteiger charge is -2.18. The molecule has 3 aromatic heterocycles. The zero-order valence-corrected chi connectivity index (χ0v) is 14.8. The summed E-state index contributed by atoms with van der Waals surface area (Å²) in [5.74, 6) is 0.825. The Labute approximate surface area is 142 Å². The van der Waals surface area contributed by atoms with Crippen molar-refractivity contribution in [2.75, 3.05) is 14.1 Å². The van der Waals surface area contributed by atoms with Gasteiger partial charge in [-0.3, -0.25) is 4.79 Å². The van der Waals surface area contributed by atoms with Crippen molar-refractivity contribution in [1.29, 1.82) is 0 Å². The smallest absolute Gasteiger partial charge is 0.235 e. The Bertz CT molecular complexity index is 813. The van der Waals surface area contributed by atoms with E-state index in [1.165, 1.54) is 11.8 Å². The van der Waals surface area contributed by atoms with Crippen molar-refractivity contribution in [3.8, 4) is 10.7 Å². The number of carbonyl (C=O) groups is 1. The van der Waals surface area contributed by atoms with Crippen LogP contribution >= 0.6 is 23.1 Å². The van der Waals surface area contributed by atoms with Crippen LogP contribution in [-0.4, -0.2) is 50.0 Å². The minimum absolute atomic E-state index is 0.0987. The molecule has 8 heteroatoms. The van der Waals surface area contributed by atoms with Crippen molar-refractivity contribution in [1.82, 2.24) is 24.7 Å². The Morgan fingerprint density at radius 2 is 2.17 bits per heavy atom. The number of hydrogen-bond donors (Lipinski definition) is 0. The first-order valence-electron chi connectivity index (χ1n) is 7.24. The normalized spacial score (nSPS) is 12.5. The van der Waals surface area contributed by atoms with Crippen molar-refractivity contribution in [2.24, 2.45) is 0 Å². The van der Waals surface area contributed by atoms with E-state index in [0.717, 1.165) is 22.1 Å². The number of nitrogens with zero attached hydrogens (tertiary/aromatic N) is 5. The lowest BCUT2D eigenvalue weighted by molar-refractivity contribution is -0.128. The van der Waals surface area contributed by atoms with Gasteiger partial charge in [0.1, 0.15) is 5.03 Å². The lowest BCUT2D eigenvalue weighted by atomic mass is 10.3. The molecule has 3 heterocycles. The first-order chi connectivity index (χ1) is 11.1. The van der Waals surface area contributed by atoms with Gasteiger partial charge < -0.3 is 4.90 Å². The molecule has 0 bridgehead atoms. The number of thioether (sulfide) groups is 1. The second-order valence-electron chi connectivity index (χ2n) is 5.19. The molecule has 120 valence electrons. The van der Waals surface area contributed by atoms with Crippen LogP contribution in [0.25, 0.3) is 16.3 Å². The average Bonchev–Trinajstić information content (AvgIpc) is 3.20. The Balaban J connectivity index is 1.93. The summed E-state index contributed by atoms with van der Waals surface area (Å²) < 4.78 is 1.74. The summed E-state index contributed by atoms with van der Waals surface area (Å²) in [6, 6.07) is 7.74. The molecule has 0 fully saturated rings. The van der Waals surface area contributed by atoms with E-state index in [0.29, 0.717) is 5.65 Å². The second kappa shape index (κ2) is 6.67. The van der Waals surface area contributed by atoms with E-state index in [2.05, 4.69) is 15.3 Å². The molecule has 6 nitrogen and oxygen atoms in total. The average molecular weight is 347 g/mol. The zero-order chi connectivity index (χ0) is 16.4. The maximum atomic E-state index is 12.2. The third-order valence-corrected chi connectivity index (χ3v) is 5.47. The highest BCUT2D eigenvalue weighted by molar-refractivity contribution is 8.00. The second-order valence-corrected chi connectivity index (χ2v) is 7.36. The van der Waals surface area contributed by atoms with Crippen molar-refractivity contribution in [3.63, 3.8) is 0 Å². The van der Waals surface area contributed by atoms with Crippen LogP contribution < -0.4 is 0 Å². The molecule has 0 unspecified atom stereocenters. The molecule has 0 saturated carbocycles. The molecule has 0 aliphatic carbocycles. The summed E-state index contributed by atoms with van der Waals surface area (Å²) in [4.78, 5) is 14.8. The van der Waals surface area contributed by atoms with Gasteiger partial charge in [-0.2, -0.15) is 9.61 Å². The van der Waals surface area contributed by atoms with E-state index in [1.54, 1.807) is 34.8 Å². The standard InChI is InChI=1S/C15H17N5OS2/c1-4-10(15(21)19(2)3)23-13-8-7-12-16-17-14(20(12)18-13)11-6-5-9-22-11/h5-10H,4H2,1-3H3/t10-/m1/s1. The summed E-state index contributed by atoms with van der Waals surface area (Å²) >= 11 is 3.07. The van der Waals surface area contributed by atoms with Gasteiger partial charge in [0.15, 0.2) is 11.5 Å². The van der Waals surface area contributed by atoms with Gasteiger partial charge in [0.2, 0.25) is 5.91 Å². The van der Waals surface area contributed by atoms with Gasteiger partial charge in [-0.25, -0.2) is 0 Å². The van der Waals surface area contributed by atoms with Gasteiger partial charge in [0, 0.05) is 14.1 Å². The molecule has 0 aliphatic heterocycles. The number of rotatable bonds is 5. The van der Waals surface area contributed by atoms with Gasteiger partial charge >= 0.3 is 0 Å². The van der Waals surface area contributed by atoms with E-state index in [9.17, 15) is 4.79 Å². The maximum absolute atomic E-state index is 12.2. The molecule has 0 aliphatic rings. The number of hydrogen-bond acceptors (Lipinski definition) is 6. The summed E-state index contributed by atoms with van der Waals surface area (Å²) in [5.41, 5.74) is 0.699. The first kappa shape index (κ1) is 15.9. The van der Waals surface area contributed by atoms with E-state index in [1.807, 2.05) is 36.6 Å². The Kier molecular flexibility index (Phi) is 4.63. The van der Waals surface area contributed by atoms with E-state index in [4.69, 9.17) is 0 Å². The van der Waals surface area contributed by atoms with Gasteiger partial charge in [-0.05, 0) is 30.0 Å². The fourth-order valence-electron chi connectivity index (χ4n) is 2.14. The van der Waals surface area contributed by atoms with Crippen molar-refractivity contribution in [2.45, 2.75) is 23.6 Å². The van der Waals surface area contributed by atoms with Crippen LogP contribution in [0.15, 0.2) is 34.7 Å². The molecule has 1 atom stereocenters. The molecule has 23 heavy (non-hydrogen) atoms. The first-order valence-corrected chi connectivity index (χ1v) is 9.00. The van der Waals surface area contributed by atoms with E-state index < -0.39 is 0 Å². The number of thiophene rings is 1. The Hall–Kier alpha value is -1.93. The number of fused-ring (bicyclic) bond motifs is 1.